The fourth-order valence-electron chi connectivity index (χ4n) is 43.1. The van der Waals surface area contributed by atoms with Crippen LogP contribution in [0, 0.1) is 238 Å². The molecule has 0 heterocycles. The van der Waals surface area contributed by atoms with Crippen molar-refractivity contribution in [1.82, 2.24) is 0 Å². The van der Waals surface area contributed by atoms with Crippen molar-refractivity contribution < 1.29 is 24.3 Å². The first-order chi connectivity index (χ1) is 58.9. The van der Waals surface area contributed by atoms with Gasteiger partial charge in [0, 0.05) is 28.5 Å². The number of ketones is 4. The van der Waals surface area contributed by atoms with E-state index >= 15 is 0 Å². The summed E-state index contributed by atoms with van der Waals surface area (Å²) in [6.45, 7) is 84.9. The normalized spacial score (nSPS) is 56.9. The first-order valence-electron chi connectivity index (χ1n) is 55.3. The van der Waals surface area contributed by atoms with Crippen LogP contribution < -0.4 is 0 Å². The van der Waals surface area contributed by atoms with Crippen LogP contribution in [0.25, 0.3) is 0 Å². The number of halogens is 1. The zero-order chi connectivity index (χ0) is 93.9. The third-order valence-corrected chi connectivity index (χ3v) is 55.2. The van der Waals surface area contributed by atoms with Gasteiger partial charge in [-0.25, -0.2) is 0 Å². The van der Waals surface area contributed by atoms with Gasteiger partial charge >= 0.3 is 0 Å². The highest BCUT2D eigenvalue weighted by molar-refractivity contribution is 9.09. The molecule has 0 aromatic heterocycles. The first kappa shape index (κ1) is 97.7. The number of hydrogen-bond acceptors (Lipinski definition) is 5. The predicted molar refractivity (Wildman–Crippen MR) is 537 cm³/mol. The summed E-state index contributed by atoms with van der Waals surface area (Å²) >= 11 is 4.04. The maximum absolute atomic E-state index is 14.3. The summed E-state index contributed by atoms with van der Waals surface area (Å²) in [5, 5.41) is 10.9. The van der Waals surface area contributed by atoms with Gasteiger partial charge in [-0.15, -0.1) is 0 Å². The van der Waals surface area contributed by atoms with Crippen molar-refractivity contribution in [3.63, 3.8) is 0 Å². The Morgan fingerprint density at radius 2 is 0.469 bits per heavy atom. The number of rotatable bonds is 0. The standard InChI is InChI=1S/2C31H50O.C30H47BrO.C30H48O2/c2*1-19-10-13-28(6)16-17-30(8)22(25(28)21(19)3)18-23(32)26-29(7)14-11-20(2)27(4,5)24(29)12-15-31(26,30)9;1-18-9-12-27(5)15-16-29(7)20(24(27)19(18)2)17-21(32)25-28(6)13-11-23(31)26(3,4)22(28)10-14-30(25,29)8;1-18-9-12-27(5)15-16-29(7)20(24(27)19(18)2)17-21(31)25-28(6)13-11-23(32)26(3,4)22(28)10-14-30(25,29)8/h2*18-21,24-26H,10-17H2,1-9H3;17-19,22-25H,9-16H2,1-8H3;17-19,22-25,32H,9-16H2,1-8H3/t2*19-,20-,21+,24?,25?,26?,28-,29+,30-,31-;18-,19+,22?,23+,24?,25?,27-,28+,29-,30-;18-,19+,22?,23-,24?,25?,27-,28+,29-,30-/m1111/s1. The molecule has 0 aromatic carbocycles. The van der Waals surface area contributed by atoms with Gasteiger partial charge in [-0.3, -0.25) is 19.2 Å². The van der Waals surface area contributed by atoms with Gasteiger partial charge in [-0.05, 0) is 445 Å². The summed E-state index contributed by atoms with van der Waals surface area (Å²) < 4.78 is 0. The molecule has 0 saturated heterocycles. The van der Waals surface area contributed by atoms with E-state index in [1.807, 2.05) is 0 Å². The van der Waals surface area contributed by atoms with E-state index in [2.05, 4.69) is 276 Å². The molecule has 0 bridgehead atoms. The van der Waals surface area contributed by atoms with Gasteiger partial charge in [-0.2, -0.15) is 0 Å². The second-order valence-electron chi connectivity index (χ2n) is 59.4. The average molecular weight is 1820 g/mol. The highest BCUT2D eigenvalue weighted by atomic mass is 79.9. The fourth-order valence-corrected chi connectivity index (χ4v) is 43.6. The zero-order valence-electron chi connectivity index (χ0n) is 89.3. The predicted octanol–water partition coefficient (Wildman–Crippen LogP) is 32.8. The Kier molecular flexibility index (Phi) is 23.5. The van der Waals surface area contributed by atoms with Crippen molar-refractivity contribution in [2.75, 3.05) is 0 Å². The molecule has 720 valence electrons. The lowest BCUT2D eigenvalue weighted by Crippen LogP contribution is -2.66. The van der Waals surface area contributed by atoms with E-state index in [0.29, 0.717) is 131 Å². The number of aliphatic hydroxyl groups is 1. The van der Waals surface area contributed by atoms with Gasteiger partial charge in [0.1, 0.15) is 0 Å². The van der Waals surface area contributed by atoms with Gasteiger partial charge in [0.25, 0.3) is 0 Å². The molecule has 16 fully saturated rings. The fraction of sp³-hybridized carbons (Fsp3) is 0.902. The molecule has 0 spiro atoms. The van der Waals surface area contributed by atoms with Crippen LogP contribution in [0.2, 0.25) is 0 Å². The molecule has 0 aliphatic heterocycles. The molecule has 0 amide bonds. The Labute approximate surface area is 794 Å². The number of hydrogen-bond donors (Lipinski definition) is 1. The summed E-state index contributed by atoms with van der Waals surface area (Å²) in [7, 11) is 0. The van der Waals surface area contributed by atoms with Crippen molar-refractivity contribution in [3.05, 3.63) is 46.6 Å². The summed E-state index contributed by atoms with van der Waals surface area (Å²) in [4.78, 5) is 57.6. The van der Waals surface area contributed by atoms with Crippen molar-refractivity contribution in [1.29, 1.82) is 0 Å². The number of alkyl halides is 1. The minimum Gasteiger partial charge on any atom is -0.393 e. The Morgan fingerprint density at radius 1 is 0.250 bits per heavy atom. The summed E-state index contributed by atoms with van der Waals surface area (Å²) in [5.74, 6) is 14.6. The van der Waals surface area contributed by atoms with Crippen LogP contribution in [0.4, 0.5) is 0 Å². The molecule has 20 aliphatic rings. The molecule has 1 N–H and O–H groups in total. The van der Waals surface area contributed by atoms with Crippen molar-refractivity contribution in [2.45, 2.75) is 452 Å². The van der Waals surface area contributed by atoms with E-state index in [9.17, 15) is 24.3 Å². The Hall–Kier alpha value is -1.92. The Bertz CT molecular complexity index is 3980. The molecule has 16 saturated carbocycles. The second kappa shape index (κ2) is 30.8. The molecule has 6 heteroatoms. The van der Waals surface area contributed by atoms with Gasteiger partial charge < -0.3 is 5.11 Å². The zero-order valence-corrected chi connectivity index (χ0v) is 90.8. The van der Waals surface area contributed by atoms with Crippen LogP contribution in [0.15, 0.2) is 46.6 Å². The first-order valence-corrected chi connectivity index (χ1v) is 56.2. The number of carbonyl (C=O) groups is 4. The molecule has 0 radical (unpaired) electrons. The van der Waals surface area contributed by atoms with Crippen molar-refractivity contribution in [3.8, 4) is 0 Å². The summed E-state index contributed by atoms with van der Waals surface area (Å²) in [6.07, 6.45) is 49.0. The van der Waals surface area contributed by atoms with E-state index in [1.165, 1.54) is 185 Å². The largest absolute Gasteiger partial charge is 0.393 e. The minimum absolute atomic E-state index is 0.00984. The van der Waals surface area contributed by atoms with Crippen LogP contribution >= 0.6 is 15.9 Å². The number of fused-ring (bicyclic) bond motifs is 28. The summed E-state index contributed by atoms with van der Waals surface area (Å²) in [6, 6.07) is 0. The number of aliphatic hydroxyl groups excluding tert-OH is 1. The third-order valence-electron chi connectivity index (χ3n) is 53.5. The van der Waals surface area contributed by atoms with Crippen LogP contribution in [-0.2, 0) is 19.2 Å². The van der Waals surface area contributed by atoms with E-state index in [1.54, 1.807) is 16.7 Å². The third kappa shape index (κ3) is 12.9. The van der Waals surface area contributed by atoms with Crippen molar-refractivity contribution >= 4 is 39.1 Å². The molecular formula is C122H195BrO5. The Balaban J connectivity index is 0.000000120. The van der Waals surface area contributed by atoms with E-state index in [-0.39, 0.29) is 106 Å². The highest BCUT2D eigenvalue weighted by Gasteiger charge is 2.77. The molecule has 20 aliphatic carbocycles. The molecule has 128 heavy (non-hydrogen) atoms. The maximum atomic E-state index is 14.3. The van der Waals surface area contributed by atoms with Crippen LogP contribution in [0.3, 0.4) is 0 Å². The van der Waals surface area contributed by atoms with Gasteiger partial charge in [-0.1, -0.05) is 274 Å². The van der Waals surface area contributed by atoms with E-state index in [4.69, 9.17) is 0 Å². The van der Waals surface area contributed by atoms with Crippen LogP contribution in [-0.4, -0.2) is 39.2 Å². The molecule has 40 atom stereocenters. The molecule has 12 unspecified atom stereocenters. The average Bonchev–Trinajstić information content (AvgIpc) is 0.683. The number of carbonyl (C=O) groups excluding carboxylic acids is 4. The SMILES string of the molecule is C[C@@H]1CC[C@]2(C)CC[C@]3(C)C(=CC(=O)C4[C@@]5(C)CC[C@@H](C)C(C)(C)C5CC[C@]43C)C2[C@H]1C.C[C@@H]1CC[C@]2(C)CC[C@]3(C)C(=CC(=O)C4[C@@]5(C)CC[C@@H](C)C(C)(C)C5CC[C@]43C)C2[C@H]1C.C[C@@H]1CC[C@]2(C)CC[C@]3(C)C(=CC(=O)C4[C@@]5(C)CC[C@@H](O)C(C)(C)C5CC[C@]43C)C2[C@H]1C.C[C@@H]1CC[C@]2(C)CC[C@]3(C)C(=CC(=O)C4[C@@]5(C)CC[C@H](Br)C(C)(C)C5CC[C@]43C)C2[C@H]1C. The lowest BCUT2D eigenvalue weighted by atomic mass is 9.33. The maximum Gasteiger partial charge on any atom is 0.159 e. The monoisotopic (exact) mass is 1820 g/mol. The van der Waals surface area contributed by atoms with Crippen LogP contribution in [0.1, 0.15) is 441 Å². The topological polar surface area (TPSA) is 88.5 Å². The van der Waals surface area contributed by atoms with E-state index < -0.39 is 0 Å². The second-order valence-corrected chi connectivity index (χ2v) is 60.5. The summed E-state index contributed by atoms with van der Waals surface area (Å²) in [5.41, 5.74) is 10.0. The van der Waals surface area contributed by atoms with E-state index in [0.717, 1.165) is 61.2 Å². The lowest BCUT2D eigenvalue weighted by molar-refractivity contribution is -0.202. The smallest absolute Gasteiger partial charge is 0.159 e. The Morgan fingerprint density at radius 3 is 0.719 bits per heavy atom. The molecular weight excluding hydrogens is 1630 g/mol. The molecule has 20 rings (SSSR count). The van der Waals surface area contributed by atoms with Crippen molar-refractivity contribution in [2.24, 2.45) is 238 Å². The minimum atomic E-state index is -0.245. The molecule has 0 aromatic rings. The van der Waals surface area contributed by atoms with Crippen LogP contribution in [0.5, 0.6) is 0 Å². The van der Waals surface area contributed by atoms with Gasteiger partial charge in [0.2, 0.25) is 0 Å². The quantitative estimate of drug-likeness (QED) is 0.244. The molecule has 5 nitrogen and oxygen atoms in total. The lowest BCUT2D eigenvalue weighted by Gasteiger charge is -2.71. The van der Waals surface area contributed by atoms with Gasteiger partial charge in [0.15, 0.2) is 23.1 Å². The highest BCUT2D eigenvalue weighted by Crippen LogP contribution is 2.82. The number of allylic oxidation sites excluding steroid dienone is 8. The van der Waals surface area contributed by atoms with Gasteiger partial charge in [0.05, 0.1) is 6.10 Å².